The summed E-state index contributed by atoms with van der Waals surface area (Å²) in [5.41, 5.74) is -0.0443. The van der Waals surface area contributed by atoms with Crippen LogP contribution in [0.4, 0.5) is 0 Å². The average Bonchev–Trinajstić information content (AvgIpc) is 2.85. The molecule has 112 valence electrons. The zero-order valence-electron chi connectivity index (χ0n) is 11.2. The molecule has 0 aliphatic heterocycles. The van der Waals surface area contributed by atoms with E-state index in [-0.39, 0.29) is 16.2 Å². The number of hydrogen-bond donors (Lipinski definition) is 1. The minimum Gasteiger partial charge on any atom is -0.478 e. The Labute approximate surface area is 135 Å². The van der Waals surface area contributed by atoms with Crippen molar-refractivity contribution in [2.45, 2.75) is 24.0 Å². The number of aromatic carboxylic acids is 1. The number of carboxylic acids is 1. The minimum absolute atomic E-state index is 0.00819. The van der Waals surface area contributed by atoms with Gasteiger partial charge < -0.3 is 5.11 Å². The summed E-state index contributed by atoms with van der Waals surface area (Å²) in [6.07, 6.45) is 0.864. The molecule has 1 heterocycles. The molecule has 0 atom stereocenters. The molecule has 0 unspecified atom stereocenters. The molecular weight excluding hydrogens is 376 g/mol. The molecule has 7 heteroatoms. The first-order chi connectivity index (χ1) is 9.83. The number of benzene rings is 1. The van der Waals surface area contributed by atoms with E-state index in [2.05, 4.69) is 15.9 Å². The second-order valence-corrected chi connectivity index (χ2v) is 8.50. The van der Waals surface area contributed by atoms with E-state index in [1.165, 1.54) is 29.5 Å². The molecule has 0 bridgehead atoms. The van der Waals surface area contributed by atoms with Gasteiger partial charge in [0.15, 0.2) is 9.84 Å². The number of thiophene rings is 1. The molecule has 0 fully saturated rings. The summed E-state index contributed by atoms with van der Waals surface area (Å²) in [4.78, 5) is 12.9. The van der Waals surface area contributed by atoms with Crippen molar-refractivity contribution in [1.29, 1.82) is 0 Å². The Morgan fingerprint density at radius 2 is 1.90 bits per heavy atom. The summed E-state index contributed by atoms with van der Waals surface area (Å²) < 4.78 is 25.3. The van der Waals surface area contributed by atoms with Crippen molar-refractivity contribution in [3.05, 3.63) is 50.1 Å². The fourth-order valence-electron chi connectivity index (χ4n) is 1.83. The van der Waals surface area contributed by atoms with E-state index >= 15 is 0 Å². The summed E-state index contributed by atoms with van der Waals surface area (Å²) in [6.45, 7) is 2.01. The van der Waals surface area contributed by atoms with Gasteiger partial charge in [0.05, 0.1) is 16.2 Å². The highest BCUT2D eigenvalue weighted by Crippen LogP contribution is 2.28. The standard InChI is InChI=1S/C14H13BrO4S2/c1-2-10-4-5-11(20-10)8-21(18,19)13-7-9(14(16)17)3-6-12(13)15/h3-7H,2,8H2,1H3,(H,16,17). The fourth-order valence-corrected chi connectivity index (χ4v) is 5.57. The zero-order chi connectivity index (χ0) is 15.6. The van der Waals surface area contributed by atoms with Crippen LogP contribution in [0.25, 0.3) is 0 Å². The molecule has 0 aliphatic rings. The predicted octanol–water partition coefficient (Wildman–Crippen LogP) is 3.75. The highest BCUT2D eigenvalue weighted by Gasteiger charge is 2.21. The van der Waals surface area contributed by atoms with E-state index in [0.29, 0.717) is 4.47 Å². The van der Waals surface area contributed by atoms with Crippen molar-refractivity contribution in [2.75, 3.05) is 0 Å². The molecule has 1 aromatic heterocycles. The Kier molecular flexibility index (Phi) is 4.85. The van der Waals surface area contributed by atoms with Gasteiger partial charge in [-0.25, -0.2) is 13.2 Å². The number of rotatable bonds is 5. The number of sulfone groups is 1. The first kappa shape index (κ1) is 16.2. The summed E-state index contributed by atoms with van der Waals surface area (Å²) in [6, 6.07) is 7.72. The van der Waals surface area contributed by atoms with Gasteiger partial charge in [-0.15, -0.1) is 11.3 Å². The molecule has 0 amide bonds. The topological polar surface area (TPSA) is 71.4 Å². The van der Waals surface area contributed by atoms with Crippen LogP contribution in [-0.2, 0) is 22.0 Å². The van der Waals surface area contributed by atoms with Crippen molar-refractivity contribution in [3.8, 4) is 0 Å². The van der Waals surface area contributed by atoms with Gasteiger partial charge in [0.1, 0.15) is 0 Å². The van der Waals surface area contributed by atoms with Gasteiger partial charge >= 0.3 is 5.97 Å². The molecule has 2 rings (SSSR count). The Morgan fingerprint density at radius 1 is 1.24 bits per heavy atom. The molecule has 0 spiro atoms. The second kappa shape index (κ2) is 6.29. The SMILES string of the molecule is CCc1ccc(CS(=O)(=O)c2cc(C(=O)O)ccc2Br)s1. The van der Waals surface area contributed by atoms with Crippen molar-refractivity contribution in [2.24, 2.45) is 0 Å². The van der Waals surface area contributed by atoms with Crippen LogP contribution in [0.15, 0.2) is 39.7 Å². The highest BCUT2D eigenvalue weighted by molar-refractivity contribution is 9.10. The van der Waals surface area contributed by atoms with Crippen LogP contribution in [0.2, 0.25) is 0 Å². The summed E-state index contributed by atoms with van der Waals surface area (Å²) in [5, 5.41) is 8.98. The maximum atomic E-state index is 12.5. The van der Waals surface area contributed by atoms with E-state index in [9.17, 15) is 13.2 Å². The monoisotopic (exact) mass is 388 g/mol. The molecule has 0 saturated heterocycles. The molecule has 0 saturated carbocycles. The highest BCUT2D eigenvalue weighted by atomic mass is 79.9. The molecular formula is C14H13BrO4S2. The maximum absolute atomic E-state index is 12.5. The number of aryl methyl sites for hydroxylation is 1. The van der Waals surface area contributed by atoms with Crippen molar-refractivity contribution < 1.29 is 18.3 Å². The van der Waals surface area contributed by atoms with Crippen LogP contribution in [0, 0.1) is 0 Å². The predicted molar refractivity (Wildman–Crippen MR) is 85.7 cm³/mol. The molecule has 4 nitrogen and oxygen atoms in total. The van der Waals surface area contributed by atoms with Gasteiger partial charge in [-0.1, -0.05) is 6.92 Å². The first-order valence-corrected chi connectivity index (χ1v) is 9.43. The summed E-state index contributed by atoms with van der Waals surface area (Å²) in [5.74, 6) is -1.28. The lowest BCUT2D eigenvalue weighted by molar-refractivity contribution is 0.0696. The van der Waals surface area contributed by atoms with Crippen molar-refractivity contribution in [1.82, 2.24) is 0 Å². The van der Waals surface area contributed by atoms with Gasteiger partial charge in [-0.2, -0.15) is 0 Å². The third-order valence-electron chi connectivity index (χ3n) is 2.91. The first-order valence-electron chi connectivity index (χ1n) is 6.16. The normalized spacial score (nSPS) is 11.5. The zero-order valence-corrected chi connectivity index (χ0v) is 14.4. The van der Waals surface area contributed by atoms with Gasteiger partial charge in [0.2, 0.25) is 0 Å². The molecule has 0 radical (unpaired) electrons. The summed E-state index contributed by atoms with van der Waals surface area (Å²) in [7, 11) is -3.59. The Bertz CT molecular complexity index is 778. The van der Waals surface area contributed by atoms with Crippen LogP contribution < -0.4 is 0 Å². The second-order valence-electron chi connectivity index (χ2n) is 4.43. The van der Waals surface area contributed by atoms with Gasteiger partial charge in [0, 0.05) is 14.2 Å². The van der Waals surface area contributed by atoms with Gasteiger partial charge in [0.25, 0.3) is 0 Å². The smallest absolute Gasteiger partial charge is 0.335 e. The quantitative estimate of drug-likeness (QED) is 0.846. The fraction of sp³-hybridized carbons (Fsp3) is 0.214. The van der Waals surface area contributed by atoms with E-state index < -0.39 is 15.8 Å². The Morgan fingerprint density at radius 3 is 2.48 bits per heavy atom. The molecule has 21 heavy (non-hydrogen) atoms. The average molecular weight is 389 g/mol. The van der Waals surface area contributed by atoms with Crippen LogP contribution in [0.5, 0.6) is 0 Å². The van der Waals surface area contributed by atoms with Crippen LogP contribution in [-0.4, -0.2) is 19.5 Å². The van der Waals surface area contributed by atoms with E-state index in [1.807, 2.05) is 13.0 Å². The van der Waals surface area contributed by atoms with Crippen molar-refractivity contribution in [3.63, 3.8) is 0 Å². The third-order valence-corrected chi connectivity index (χ3v) is 6.98. The van der Waals surface area contributed by atoms with Crippen molar-refractivity contribution >= 4 is 43.1 Å². The number of hydrogen-bond acceptors (Lipinski definition) is 4. The van der Waals surface area contributed by atoms with Crippen LogP contribution >= 0.6 is 27.3 Å². The van der Waals surface area contributed by atoms with Crippen LogP contribution in [0.3, 0.4) is 0 Å². The minimum atomic E-state index is -3.59. The molecule has 1 aromatic carbocycles. The third kappa shape index (κ3) is 3.72. The number of halogens is 1. The molecule has 2 aromatic rings. The Balaban J connectivity index is 2.39. The molecule has 1 N–H and O–H groups in total. The maximum Gasteiger partial charge on any atom is 0.335 e. The lowest BCUT2D eigenvalue weighted by Crippen LogP contribution is -2.07. The lowest BCUT2D eigenvalue weighted by atomic mass is 10.2. The van der Waals surface area contributed by atoms with E-state index in [1.54, 1.807) is 6.07 Å². The van der Waals surface area contributed by atoms with Crippen LogP contribution in [0.1, 0.15) is 27.0 Å². The number of carbonyl (C=O) groups is 1. The van der Waals surface area contributed by atoms with Gasteiger partial charge in [-0.05, 0) is 52.7 Å². The lowest BCUT2D eigenvalue weighted by Gasteiger charge is -2.07. The summed E-state index contributed by atoms with van der Waals surface area (Å²) >= 11 is 4.64. The van der Waals surface area contributed by atoms with E-state index in [4.69, 9.17) is 5.11 Å². The molecule has 0 aliphatic carbocycles. The van der Waals surface area contributed by atoms with E-state index in [0.717, 1.165) is 16.2 Å². The number of carboxylic acid groups (broad SMARTS) is 1. The largest absolute Gasteiger partial charge is 0.478 e. The van der Waals surface area contributed by atoms with Gasteiger partial charge in [-0.3, -0.25) is 0 Å². The Hall–Kier alpha value is -1.18.